The van der Waals surface area contributed by atoms with Gasteiger partial charge in [0.05, 0.1) is 28.9 Å². The largest absolute Gasteiger partial charge is 0.534 e. The maximum Gasteiger partial charge on any atom is 0.534 e. The topological polar surface area (TPSA) is 100 Å². The van der Waals surface area contributed by atoms with Crippen LogP contribution in [0.15, 0.2) is 30.3 Å². The van der Waals surface area contributed by atoms with Crippen molar-refractivity contribution < 1.29 is 35.3 Å². The molecule has 0 N–H and O–H groups in total. The number of ether oxygens (including phenoxy) is 1. The summed E-state index contributed by atoms with van der Waals surface area (Å²) < 4.78 is 72.3. The molecule has 0 aliphatic heterocycles. The van der Waals surface area contributed by atoms with Crippen molar-refractivity contribution in [2.75, 3.05) is 6.61 Å². The first-order valence-electron chi connectivity index (χ1n) is 9.54. The van der Waals surface area contributed by atoms with Crippen molar-refractivity contribution in [3.05, 3.63) is 47.2 Å². The molecule has 1 aromatic carbocycles. The quantitative estimate of drug-likeness (QED) is 0.301. The molecule has 0 radical (unpaired) electrons. The van der Waals surface area contributed by atoms with Gasteiger partial charge in [-0.15, -0.1) is 0 Å². The Morgan fingerprint density at radius 2 is 1.91 bits per heavy atom. The minimum atomic E-state index is -6.01. The Morgan fingerprint density at radius 1 is 1.22 bits per heavy atom. The number of hydrogen-bond donors (Lipinski definition) is 0. The summed E-state index contributed by atoms with van der Waals surface area (Å²) in [5, 5.41) is 4.74. The molecule has 32 heavy (non-hydrogen) atoms. The Kier molecular flexibility index (Phi) is 6.18. The summed E-state index contributed by atoms with van der Waals surface area (Å²) in [4.78, 5) is 16.6. The SMILES string of the molecule is CCOC(=O)c1cc(OS(=O)(=O)C(F)(F)F)nc2c1c(C(C)C)nn2-c1cccc(C)c1. The van der Waals surface area contributed by atoms with E-state index in [2.05, 4.69) is 14.3 Å². The van der Waals surface area contributed by atoms with Crippen molar-refractivity contribution in [2.45, 2.75) is 39.1 Å². The van der Waals surface area contributed by atoms with E-state index < -0.39 is 27.5 Å². The van der Waals surface area contributed by atoms with E-state index in [9.17, 15) is 26.4 Å². The first-order chi connectivity index (χ1) is 14.9. The Morgan fingerprint density at radius 3 is 2.47 bits per heavy atom. The third-order valence-electron chi connectivity index (χ3n) is 4.41. The van der Waals surface area contributed by atoms with Crippen molar-refractivity contribution in [2.24, 2.45) is 0 Å². The number of aryl methyl sites for hydroxylation is 1. The molecule has 0 atom stereocenters. The zero-order valence-corrected chi connectivity index (χ0v) is 18.4. The van der Waals surface area contributed by atoms with Crippen LogP contribution in [0.1, 0.15) is 48.3 Å². The predicted octanol–water partition coefficient (Wildman–Crippen LogP) is 4.26. The van der Waals surface area contributed by atoms with Crippen LogP contribution in [0.3, 0.4) is 0 Å². The standard InChI is InChI=1S/C20H20F3N3O5S/c1-5-30-19(27)14-10-15(31-32(28,29)20(21,22)23)24-18-16(14)17(11(2)3)25-26(18)13-8-6-7-12(4)9-13/h6-11H,5H2,1-4H3. The maximum atomic E-state index is 12.9. The van der Waals surface area contributed by atoms with Crippen molar-refractivity contribution in [1.29, 1.82) is 0 Å². The zero-order valence-electron chi connectivity index (χ0n) is 17.6. The molecule has 3 aromatic rings. The molecule has 0 bridgehead atoms. The molecule has 3 rings (SSSR count). The molecule has 8 nitrogen and oxygen atoms in total. The lowest BCUT2D eigenvalue weighted by atomic mass is 10.0. The van der Waals surface area contributed by atoms with Gasteiger partial charge in [0.1, 0.15) is 0 Å². The fraction of sp³-hybridized carbons (Fsp3) is 0.350. The van der Waals surface area contributed by atoms with E-state index >= 15 is 0 Å². The molecular weight excluding hydrogens is 451 g/mol. The molecule has 172 valence electrons. The highest BCUT2D eigenvalue weighted by molar-refractivity contribution is 7.87. The monoisotopic (exact) mass is 471 g/mol. The van der Waals surface area contributed by atoms with Crippen LogP contribution >= 0.6 is 0 Å². The van der Waals surface area contributed by atoms with Crippen molar-refractivity contribution in [1.82, 2.24) is 14.8 Å². The van der Waals surface area contributed by atoms with Crippen molar-refractivity contribution in [3.63, 3.8) is 0 Å². The highest BCUT2D eigenvalue weighted by atomic mass is 32.2. The third kappa shape index (κ3) is 4.40. The number of rotatable bonds is 6. The van der Waals surface area contributed by atoms with E-state index in [4.69, 9.17) is 4.74 Å². The number of nitrogens with zero attached hydrogens (tertiary/aromatic N) is 3. The van der Waals surface area contributed by atoms with E-state index in [1.807, 2.05) is 26.8 Å². The fourth-order valence-electron chi connectivity index (χ4n) is 3.04. The Labute approximate surface area is 182 Å². The summed E-state index contributed by atoms with van der Waals surface area (Å²) in [6.07, 6.45) is 0. The molecule has 0 spiro atoms. The normalized spacial score (nSPS) is 12.4. The lowest BCUT2D eigenvalue weighted by molar-refractivity contribution is -0.0501. The van der Waals surface area contributed by atoms with Crippen LogP contribution in [-0.4, -0.2) is 41.3 Å². The van der Waals surface area contributed by atoms with Gasteiger partial charge in [0.2, 0.25) is 5.88 Å². The van der Waals surface area contributed by atoms with Gasteiger partial charge in [-0.1, -0.05) is 26.0 Å². The smallest absolute Gasteiger partial charge is 0.462 e. The van der Waals surface area contributed by atoms with Gasteiger partial charge < -0.3 is 8.92 Å². The average molecular weight is 471 g/mol. The second kappa shape index (κ2) is 8.41. The van der Waals surface area contributed by atoms with Gasteiger partial charge in [-0.2, -0.15) is 31.7 Å². The second-order valence-electron chi connectivity index (χ2n) is 7.20. The minimum Gasteiger partial charge on any atom is -0.462 e. The highest BCUT2D eigenvalue weighted by Gasteiger charge is 2.49. The van der Waals surface area contributed by atoms with E-state index in [-0.39, 0.29) is 29.1 Å². The number of carbonyl (C=O) groups is 1. The zero-order chi connectivity index (χ0) is 23.8. The fourth-order valence-corrected chi connectivity index (χ4v) is 3.44. The molecule has 0 fully saturated rings. The Hall–Kier alpha value is -3.15. The van der Waals surface area contributed by atoms with Crippen molar-refractivity contribution >= 4 is 27.1 Å². The Bertz CT molecular complexity index is 1280. The highest BCUT2D eigenvalue weighted by Crippen LogP contribution is 2.34. The van der Waals surface area contributed by atoms with E-state index in [0.717, 1.165) is 11.6 Å². The number of alkyl halides is 3. The number of fused-ring (bicyclic) bond motifs is 1. The summed E-state index contributed by atoms with van der Waals surface area (Å²) in [5.41, 5.74) is -4.10. The predicted molar refractivity (Wildman–Crippen MR) is 109 cm³/mol. The first-order valence-corrected chi connectivity index (χ1v) is 10.9. The number of benzene rings is 1. The molecule has 0 aliphatic rings. The van der Waals surface area contributed by atoms with Crippen molar-refractivity contribution in [3.8, 4) is 11.6 Å². The number of pyridine rings is 1. The van der Waals surface area contributed by atoms with Gasteiger partial charge in [-0.3, -0.25) is 0 Å². The molecule has 0 saturated carbocycles. The Balaban J connectivity index is 2.37. The van der Waals surface area contributed by atoms with Gasteiger partial charge in [0.25, 0.3) is 0 Å². The number of aromatic nitrogens is 3. The summed E-state index contributed by atoms with van der Waals surface area (Å²) in [7, 11) is -6.01. The van der Waals surface area contributed by atoms with Crippen LogP contribution in [-0.2, 0) is 14.9 Å². The minimum absolute atomic E-state index is 0.0112. The van der Waals surface area contributed by atoms with Gasteiger partial charge in [-0.25, -0.2) is 9.48 Å². The van der Waals surface area contributed by atoms with E-state index in [0.29, 0.717) is 11.4 Å². The van der Waals surface area contributed by atoms with Gasteiger partial charge >= 0.3 is 21.6 Å². The number of halogens is 3. The third-order valence-corrected chi connectivity index (χ3v) is 5.37. The molecule has 0 amide bonds. The molecule has 0 aliphatic carbocycles. The van der Waals surface area contributed by atoms with Gasteiger partial charge in [-0.05, 0) is 37.5 Å². The maximum absolute atomic E-state index is 12.9. The van der Waals surface area contributed by atoms with Crippen LogP contribution in [0.25, 0.3) is 16.7 Å². The molecule has 12 heteroatoms. The molecule has 0 unspecified atom stereocenters. The molecular formula is C20H20F3N3O5S. The number of esters is 1. The number of carbonyl (C=O) groups excluding carboxylic acids is 1. The lowest BCUT2D eigenvalue weighted by Crippen LogP contribution is -2.28. The molecule has 0 saturated heterocycles. The molecule has 2 heterocycles. The van der Waals surface area contributed by atoms with Crippen LogP contribution in [0.5, 0.6) is 5.88 Å². The second-order valence-corrected chi connectivity index (χ2v) is 8.74. The van der Waals surface area contributed by atoms with Crippen LogP contribution in [0.4, 0.5) is 13.2 Å². The average Bonchev–Trinajstić information content (AvgIpc) is 3.06. The van der Waals surface area contributed by atoms with Gasteiger partial charge in [0, 0.05) is 6.07 Å². The van der Waals surface area contributed by atoms with Gasteiger partial charge in [0.15, 0.2) is 5.65 Å². The summed E-state index contributed by atoms with van der Waals surface area (Å²) in [5.74, 6) is -2.01. The molecule has 2 aromatic heterocycles. The first kappa shape index (κ1) is 23.5. The summed E-state index contributed by atoms with van der Waals surface area (Å²) >= 11 is 0. The lowest BCUT2D eigenvalue weighted by Gasteiger charge is -2.11. The van der Waals surface area contributed by atoms with Crippen LogP contribution < -0.4 is 4.18 Å². The summed E-state index contributed by atoms with van der Waals surface area (Å²) in [6.45, 7) is 7.01. The van der Waals surface area contributed by atoms with Crippen LogP contribution in [0.2, 0.25) is 0 Å². The van der Waals surface area contributed by atoms with E-state index in [1.54, 1.807) is 25.1 Å². The summed E-state index contributed by atoms with van der Waals surface area (Å²) in [6, 6.07) is 7.84. The van der Waals surface area contributed by atoms with Crippen LogP contribution in [0, 0.1) is 6.92 Å². The number of hydrogen-bond acceptors (Lipinski definition) is 7. The van der Waals surface area contributed by atoms with E-state index in [1.165, 1.54) is 4.68 Å².